The number of aromatic amines is 1. The fraction of sp³-hybridized carbons (Fsp3) is 0.600. The fourth-order valence-corrected chi connectivity index (χ4v) is 3.05. The standard InChI is InChI=1S/C10H17N3O4S/c1-6(2)5-13(4)18(16,17)9-8(10(14)15)7(3)11-12-9/h6H,5H2,1-4H3,(H,11,12)(H,14,15). The lowest BCUT2D eigenvalue weighted by molar-refractivity contribution is 0.0691. The van der Waals surface area contributed by atoms with Gasteiger partial charge in [0.15, 0.2) is 0 Å². The first-order valence-electron chi connectivity index (χ1n) is 5.42. The zero-order valence-corrected chi connectivity index (χ0v) is 11.6. The number of aryl methyl sites for hydroxylation is 1. The molecule has 1 aromatic rings. The highest BCUT2D eigenvalue weighted by molar-refractivity contribution is 7.89. The van der Waals surface area contributed by atoms with Crippen molar-refractivity contribution in [3.63, 3.8) is 0 Å². The predicted octanol–water partition coefficient (Wildman–Crippen LogP) is 0.693. The van der Waals surface area contributed by atoms with Gasteiger partial charge in [0, 0.05) is 19.3 Å². The second-order valence-electron chi connectivity index (χ2n) is 4.51. The summed E-state index contributed by atoms with van der Waals surface area (Å²) in [6.07, 6.45) is 0. The number of carbonyl (C=O) groups is 1. The number of aromatic nitrogens is 2. The third-order valence-electron chi connectivity index (χ3n) is 2.40. The van der Waals surface area contributed by atoms with Crippen LogP contribution in [0.5, 0.6) is 0 Å². The Morgan fingerprint density at radius 1 is 1.50 bits per heavy atom. The molecule has 0 aliphatic carbocycles. The predicted molar refractivity (Wildman–Crippen MR) is 64.9 cm³/mol. The van der Waals surface area contributed by atoms with Crippen LogP contribution in [0.1, 0.15) is 29.9 Å². The first kappa shape index (κ1) is 14.7. The number of nitrogens with zero attached hydrogens (tertiary/aromatic N) is 2. The van der Waals surface area contributed by atoms with Crippen molar-refractivity contribution in [2.45, 2.75) is 25.8 Å². The summed E-state index contributed by atoms with van der Waals surface area (Å²) >= 11 is 0. The van der Waals surface area contributed by atoms with Gasteiger partial charge >= 0.3 is 5.97 Å². The van der Waals surface area contributed by atoms with Crippen LogP contribution in [0.2, 0.25) is 0 Å². The Morgan fingerprint density at radius 2 is 2.06 bits per heavy atom. The molecular weight excluding hydrogens is 258 g/mol. The van der Waals surface area contributed by atoms with E-state index in [1.165, 1.54) is 14.0 Å². The van der Waals surface area contributed by atoms with E-state index in [4.69, 9.17) is 5.11 Å². The van der Waals surface area contributed by atoms with E-state index < -0.39 is 21.0 Å². The molecule has 0 saturated carbocycles. The molecule has 0 aromatic carbocycles. The van der Waals surface area contributed by atoms with Gasteiger partial charge in [0.2, 0.25) is 5.03 Å². The summed E-state index contributed by atoms with van der Waals surface area (Å²) in [5.74, 6) is -1.17. The molecule has 0 amide bonds. The molecule has 0 radical (unpaired) electrons. The van der Waals surface area contributed by atoms with Gasteiger partial charge < -0.3 is 5.11 Å². The van der Waals surface area contributed by atoms with E-state index in [0.29, 0.717) is 6.54 Å². The van der Waals surface area contributed by atoms with E-state index in [0.717, 1.165) is 4.31 Å². The van der Waals surface area contributed by atoms with Crippen molar-refractivity contribution in [2.24, 2.45) is 5.92 Å². The lowest BCUT2D eigenvalue weighted by Gasteiger charge is -2.17. The van der Waals surface area contributed by atoms with Crippen molar-refractivity contribution >= 4 is 16.0 Å². The first-order chi connectivity index (χ1) is 8.17. The lowest BCUT2D eigenvalue weighted by Crippen LogP contribution is -2.31. The number of carboxylic acids is 1. The highest BCUT2D eigenvalue weighted by Gasteiger charge is 2.31. The monoisotopic (exact) mass is 275 g/mol. The Labute approximate surface area is 106 Å². The highest BCUT2D eigenvalue weighted by Crippen LogP contribution is 2.20. The third-order valence-corrected chi connectivity index (χ3v) is 4.16. The van der Waals surface area contributed by atoms with Gasteiger partial charge in [-0.2, -0.15) is 9.40 Å². The summed E-state index contributed by atoms with van der Waals surface area (Å²) in [6, 6.07) is 0. The van der Waals surface area contributed by atoms with E-state index in [-0.39, 0.29) is 17.2 Å². The maximum absolute atomic E-state index is 12.2. The molecule has 18 heavy (non-hydrogen) atoms. The molecule has 0 bridgehead atoms. The number of hydrogen-bond donors (Lipinski definition) is 2. The molecule has 0 fully saturated rings. The van der Waals surface area contributed by atoms with Crippen LogP contribution in [0.25, 0.3) is 0 Å². The number of H-pyrrole nitrogens is 1. The van der Waals surface area contributed by atoms with Crippen molar-refractivity contribution in [2.75, 3.05) is 13.6 Å². The quantitative estimate of drug-likeness (QED) is 0.823. The number of nitrogens with one attached hydrogen (secondary N) is 1. The minimum atomic E-state index is -3.88. The summed E-state index contributed by atoms with van der Waals surface area (Å²) in [6.45, 7) is 5.52. The van der Waals surface area contributed by atoms with Crippen molar-refractivity contribution in [3.05, 3.63) is 11.3 Å². The van der Waals surface area contributed by atoms with Gasteiger partial charge in [-0.15, -0.1) is 0 Å². The first-order valence-corrected chi connectivity index (χ1v) is 6.86. The second-order valence-corrected chi connectivity index (χ2v) is 6.47. The van der Waals surface area contributed by atoms with E-state index in [9.17, 15) is 13.2 Å². The summed E-state index contributed by atoms with van der Waals surface area (Å²) in [7, 11) is -2.47. The van der Waals surface area contributed by atoms with Gasteiger partial charge in [0.25, 0.3) is 10.0 Å². The molecule has 0 aliphatic rings. The van der Waals surface area contributed by atoms with E-state index >= 15 is 0 Å². The molecule has 0 spiro atoms. The highest BCUT2D eigenvalue weighted by atomic mass is 32.2. The largest absolute Gasteiger partial charge is 0.478 e. The van der Waals surface area contributed by atoms with Crippen LogP contribution >= 0.6 is 0 Å². The molecular formula is C10H17N3O4S. The summed E-state index contributed by atoms with van der Waals surface area (Å²) in [5.41, 5.74) is -0.0790. The van der Waals surface area contributed by atoms with Crippen LogP contribution in [-0.4, -0.2) is 47.6 Å². The van der Waals surface area contributed by atoms with Crippen LogP contribution in [0, 0.1) is 12.8 Å². The number of rotatable bonds is 5. The van der Waals surface area contributed by atoms with Crippen molar-refractivity contribution < 1.29 is 18.3 Å². The Balaban J connectivity index is 3.25. The van der Waals surface area contributed by atoms with Crippen LogP contribution in [0.15, 0.2) is 5.03 Å². The van der Waals surface area contributed by atoms with Crippen molar-refractivity contribution in [1.82, 2.24) is 14.5 Å². The molecule has 8 heteroatoms. The molecule has 1 aromatic heterocycles. The lowest BCUT2D eigenvalue weighted by atomic mass is 10.2. The molecule has 0 saturated heterocycles. The maximum Gasteiger partial charge on any atom is 0.340 e. The Kier molecular flexibility index (Phi) is 4.12. The Bertz CT molecular complexity index is 547. The maximum atomic E-state index is 12.2. The molecule has 7 nitrogen and oxygen atoms in total. The SMILES string of the molecule is Cc1[nH]nc(S(=O)(=O)N(C)CC(C)C)c1C(=O)O. The smallest absolute Gasteiger partial charge is 0.340 e. The minimum absolute atomic E-state index is 0.137. The summed E-state index contributed by atoms with van der Waals surface area (Å²) in [5, 5.41) is 14.6. The van der Waals surface area contributed by atoms with Gasteiger partial charge in [0.1, 0.15) is 5.56 Å². The zero-order chi connectivity index (χ0) is 14.1. The van der Waals surface area contributed by atoms with E-state index in [1.807, 2.05) is 13.8 Å². The van der Waals surface area contributed by atoms with Crippen LogP contribution in [-0.2, 0) is 10.0 Å². The van der Waals surface area contributed by atoms with Gasteiger partial charge in [-0.05, 0) is 12.8 Å². The molecule has 1 rings (SSSR count). The van der Waals surface area contributed by atoms with Gasteiger partial charge in [-0.3, -0.25) is 5.10 Å². The number of hydrogen-bond acceptors (Lipinski definition) is 4. The fourth-order valence-electron chi connectivity index (χ4n) is 1.61. The topological polar surface area (TPSA) is 103 Å². The van der Waals surface area contributed by atoms with Crippen molar-refractivity contribution in [3.8, 4) is 0 Å². The Morgan fingerprint density at radius 3 is 2.50 bits per heavy atom. The molecule has 102 valence electrons. The minimum Gasteiger partial charge on any atom is -0.478 e. The van der Waals surface area contributed by atoms with E-state index in [1.54, 1.807) is 0 Å². The zero-order valence-electron chi connectivity index (χ0n) is 10.8. The average molecular weight is 275 g/mol. The molecule has 0 unspecified atom stereocenters. The normalized spacial score (nSPS) is 12.3. The molecule has 1 heterocycles. The summed E-state index contributed by atoms with van der Waals surface area (Å²) in [4.78, 5) is 11.1. The third kappa shape index (κ3) is 2.70. The van der Waals surface area contributed by atoms with Crippen LogP contribution in [0.4, 0.5) is 0 Å². The molecule has 0 atom stereocenters. The number of carboxylic acid groups (broad SMARTS) is 1. The average Bonchev–Trinajstić information content (AvgIpc) is 2.59. The molecule has 2 N–H and O–H groups in total. The second kappa shape index (κ2) is 5.07. The van der Waals surface area contributed by atoms with Gasteiger partial charge in [-0.1, -0.05) is 13.8 Å². The van der Waals surface area contributed by atoms with Gasteiger partial charge in [0.05, 0.1) is 0 Å². The number of aromatic carboxylic acids is 1. The van der Waals surface area contributed by atoms with Crippen molar-refractivity contribution in [1.29, 1.82) is 0 Å². The molecule has 0 aliphatic heterocycles. The number of sulfonamides is 1. The van der Waals surface area contributed by atoms with Crippen LogP contribution < -0.4 is 0 Å². The van der Waals surface area contributed by atoms with Gasteiger partial charge in [-0.25, -0.2) is 13.2 Å². The van der Waals surface area contributed by atoms with Crippen LogP contribution in [0.3, 0.4) is 0 Å². The Hall–Kier alpha value is -1.41. The summed E-state index contributed by atoms with van der Waals surface area (Å²) < 4.78 is 25.5. The van der Waals surface area contributed by atoms with E-state index in [2.05, 4.69) is 10.2 Å².